The fourth-order valence-corrected chi connectivity index (χ4v) is 3.24. The second-order valence-electron chi connectivity index (χ2n) is 6.71. The van der Waals surface area contributed by atoms with Gasteiger partial charge in [-0.2, -0.15) is 5.10 Å². The number of hydrogen-bond donors (Lipinski definition) is 0. The average Bonchev–Trinajstić information content (AvgIpc) is 2.64. The molecule has 2 aromatic rings. The van der Waals surface area contributed by atoms with Gasteiger partial charge in [-0.25, -0.2) is 4.68 Å². The molecule has 132 valence electrons. The summed E-state index contributed by atoms with van der Waals surface area (Å²) in [5.74, 6) is 0.768. The van der Waals surface area contributed by atoms with E-state index in [9.17, 15) is 9.59 Å². The average molecular weight is 340 g/mol. The molecule has 6 nitrogen and oxygen atoms in total. The summed E-state index contributed by atoms with van der Waals surface area (Å²) in [5.41, 5.74) is 1.51. The first-order valence-corrected chi connectivity index (χ1v) is 8.90. The van der Waals surface area contributed by atoms with Gasteiger partial charge in [0.1, 0.15) is 0 Å². The number of carbonyl (C=O) groups excluding carboxylic acids is 1. The topological polar surface area (TPSA) is 68.1 Å². The molecule has 1 atom stereocenters. The van der Waals surface area contributed by atoms with Gasteiger partial charge in [0, 0.05) is 50.1 Å². The molecule has 1 unspecified atom stereocenters. The van der Waals surface area contributed by atoms with E-state index in [1.807, 2.05) is 17.0 Å². The Bertz CT molecular complexity index is 772. The molecule has 1 aliphatic heterocycles. The van der Waals surface area contributed by atoms with Crippen molar-refractivity contribution in [1.29, 1.82) is 0 Å². The van der Waals surface area contributed by atoms with E-state index in [0.717, 1.165) is 30.8 Å². The van der Waals surface area contributed by atoms with Crippen molar-refractivity contribution >= 4 is 5.91 Å². The Morgan fingerprint density at radius 3 is 2.80 bits per heavy atom. The molecule has 25 heavy (non-hydrogen) atoms. The Balaban J connectivity index is 1.59. The maximum Gasteiger partial charge on any atom is 0.266 e. The van der Waals surface area contributed by atoms with Gasteiger partial charge in [0.25, 0.3) is 5.56 Å². The Kier molecular flexibility index (Phi) is 5.58. The summed E-state index contributed by atoms with van der Waals surface area (Å²) in [7, 11) is 0. The van der Waals surface area contributed by atoms with Crippen LogP contribution in [0, 0.1) is 5.92 Å². The molecule has 0 bridgehead atoms. The quantitative estimate of drug-likeness (QED) is 0.838. The number of rotatable bonds is 5. The van der Waals surface area contributed by atoms with Gasteiger partial charge in [0.15, 0.2) is 0 Å². The summed E-state index contributed by atoms with van der Waals surface area (Å²) in [6.45, 7) is 4.36. The van der Waals surface area contributed by atoms with Gasteiger partial charge in [-0.15, -0.1) is 0 Å². The van der Waals surface area contributed by atoms with Crippen molar-refractivity contribution in [3.05, 3.63) is 47.0 Å². The molecule has 0 radical (unpaired) electrons. The number of amides is 1. The van der Waals surface area contributed by atoms with Crippen LogP contribution in [-0.4, -0.2) is 38.7 Å². The van der Waals surface area contributed by atoms with Crippen LogP contribution in [0.15, 0.2) is 41.5 Å². The highest BCUT2D eigenvalue weighted by molar-refractivity contribution is 5.76. The first kappa shape index (κ1) is 17.3. The van der Waals surface area contributed by atoms with E-state index >= 15 is 0 Å². The molecule has 3 rings (SSSR count). The maximum absolute atomic E-state index is 12.3. The van der Waals surface area contributed by atoms with Crippen LogP contribution in [0.4, 0.5) is 0 Å². The highest BCUT2D eigenvalue weighted by Gasteiger charge is 2.20. The van der Waals surface area contributed by atoms with Crippen molar-refractivity contribution in [2.75, 3.05) is 13.1 Å². The summed E-state index contributed by atoms with van der Waals surface area (Å²) in [6, 6.07) is 6.96. The first-order chi connectivity index (χ1) is 12.1. The van der Waals surface area contributed by atoms with Gasteiger partial charge in [-0.3, -0.25) is 14.6 Å². The third kappa shape index (κ3) is 4.53. The van der Waals surface area contributed by atoms with Crippen molar-refractivity contribution in [2.45, 2.75) is 39.2 Å². The smallest absolute Gasteiger partial charge is 0.266 e. The Morgan fingerprint density at radius 2 is 2.04 bits per heavy atom. The number of likely N-dealkylation sites (tertiary alicyclic amines) is 1. The van der Waals surface area contributed by atoms with E-state index in [0.29, 0.717) is 25.3 Å². The van der Waals surface area contributed by atoms with Gasteiger partial charge >= 0.3 is 0 Å². The highest BCUT2D eigenvalue weighted by atomic mass is 16.2. The van der Waals surface area contributed by atoms with Crippen LogP contribution >= 0.6 is 0 Å². The summed E-state index contributed by atoms with van der Waals surface area (Å²) >= 11 is 0. The molecular formula is C19H24N4O2. The lowest BCUT2D eigenvalue weighted by molar-refractivity contribution is -0.133. The Hall–Kier alpha value is -2.50. The largest absolute Gasteiger partial charge is 0.342 e. The molecule has 0 N–H and O–H groups in total. The van der Waals surface area contributed by atoms with E-state index in [2.05, 4.69) is 17.0 Å². The fraction of sp³-hybridized carbons (Fsp3) is 0.474. The SMILES string of the molecule is CC1CCCN(C(=O)CCCn2nc(-c3ccncc3)ccc2=O)C1. The second-order valence-corrected chi connectivity index (χ2v) is 6.71. The normalized spacial score (nSPS) is 17.5. The lowest BCUT2D eigenvalue weighted by Crippen LogP contribution is -2.39. The summed E-state index contributed by atoms with van der Waals surface area (Å²) in [6.07, 6.45) is 6.76. The molecule has 0 aromatic carbocycles. The van der Waals surface area contributed by atoms with Crippen molar-refractivity contribution in [3.63, 3.8) is 0 Å². The minimum absolute atomic E-state index is 0.142. The van der Waals surface area contributed by atoms with Crippen LogP contribution in [0.5, 0.6) is 0 Å². The Labute approximate surface area is 147 Å². The molecule has 2 aromatic heterocycles. The standard InChI is InChI=1S/C19H24N4O2/c1-15-4-2-12-22(14-15)18(24)5-3-13-23-19(25)7-6-17(21-23)16-8-10-20-11-9-16/h6-11,15H,2-5,12-14H2,1H3. The van der Waals surface area contributed by atoms with Crippen LogP contribution in [0.2, 0.25) is 0 Å². The third-order valence-corrected chi connectivity index (χ3v) is 4.61. The predicted octanol–water partition coefficient (Wildman–Crippen LogP) is 2.34. The van der Waals surface area contributed by atoms with Crippen LogP contribution < -0.4 is 5.56 Å². The monoisotopic (exact) mass is 340 g/mol. The zero-order chi connectivity index (χ0) is 17.6. The second kappa shape index (κ2) is 8.05. The summed E-state index contributed by atoms with van der Waals surface area (Å²) < 4.78 is 1.45. The minimum Gasteiger partial charge on any atom is -0.342 e. The van der Waals surface area contributed by atoms with Crippen LogP contribution in [-0.2, 0) is 11.3 Å². The summed E-state index contributed by atoms with van der Waals surface area (Å²) in [5, 5.41) is 4.42. The minimum atomic E-state index is -0.142. The number of nitrogens with zero attached hydrogens (tertiary/aromatic N) is 4. The van der Waals surface area contributed by atoms with Gasteiger partial charge in [0.2, 0.25) is 5.91 Å². The molecule has 0 aliphatic carbocycles. The van der Waals surface area contributed by atoms with Crippen LogP contribution in [0.25, 0.3) is 11.3 Å². The van der Waals surface area contributed by atoms with Gasteiger partial charge in [0.05, 0.1) is 5.69 Å². The van der Waals surface area contributed by atoms with E-state index < -0.39 is 0 Å². The van der Waals surface area contributed by atoms with Crippen molar-refractivity contribution in [2.24, 2.45) is 5.92 Å². The van der Waals surface area contributed by atoms with Crippen molar-refractivity contribution in [1.82, 2.24) is 19.7 Å². The van der Waals surface area contributed by atoms with Crippen LogP contribution in [0.3, 0.4) is 0 Å². The van der Waals surface area contributed by atoms with Crippen molar-refractivity contribution < 1.29 is 4.79 Å². The first-order valence-electron chi connectivity index (χ1n) is 8.90. The predicted molar refractivity (Wildman–Crippen MR) is 95.9 cm³/mol. The molecule has 1 amide bonds. The number of aromatic nitrogens is 3. The molecule has 3 heterocycles. The molecule has 1 fully saturated rings. The molecule has 1 saturated heterocycles. The van der Waals surface area contributed by atoms with E-state index in [4.69, 9.17) is 0 Å². The number of pyridine rings is 1. The van der Waals surface area contributed by atoms with Gasteiger partial charge in [-0.05, 0) is 43.4 Å². The highest BCUT2D eigenvalue weighted by Crippen LogP contribution is 2.17. The number of piperidine rings is 1. The van der Waals surface area contributed by atoms with E-state index in [1.165, 1.54) is 17.2 Å². The maximum atomic E-state index is 12.3. The summed E-state index contributed by atoms with van der Waals surface area (Å²) in [4.78, 5) is 30.3. The van der Waals surface area contributed by atoms with Gasteiger partial charge < -0.3 is 4.90 Å². The molecule has 6 heteroatoms. The number of carbonyl (C=O) groups is 1. The zero-order valence-corrected chi connectivity index (χ0v) is 14.6. The molecule has 1 aliphatic rings. The van der Waals surface area contributed by atoms with E-state index in [1.54, 1.807) is 18.5 Å². The molecular weight excluding hydrogens is 316 g/mol. The molecule has 0 saturated carbocycles. The number of aryl methyl sites for hydroxylation is 1. The lowest BCUT2D eigenvalue weighted by atomic mass is 10.00. The van der Waals surface area contributed by atoms with Crippen molar-refractivity contribution in [3.8, 4) is 11.3 Å². The molecule has 0 spiro atoms. The lowest BCUT2D eigenvalue weighted by Gasteiger charge is -2.31. The Morgan fingerprint density at radius 1 is 1.24 bits per heavy atom. The number of hydrogen-bond acceptors (Lipinski definition) is 4. The van der Waals surface area contributed by atoms with Gasteiger partial charge in [-0.1, -0.05) is 6.92 Å². The van der Waals surface area contributed by atoms with Crippen LogP contribution in [0.1, 0.15) is 32.6 Å². The fourth-order valence-electron chi connectivity index (χ4n) is 3.24. The van der Waals surface area contributed by atoms with E-state index in [-0.39, 0.29) is 11.5 Å². The third-order valence-electron chi connectivity index (χ3n) is 4.61. The zero-order valence-electron chi connectivity index (χ0n) is 14.6.